The molecule has 2 N–H and O–H groups in total. The van der Waals surface area contributed by atoms with Crippen molar-refractivity contribution >= 4 is 29.3 Å². The van der Waals surface area contributed by atoms with E-state index in [0.717, 1.165) is 0 Å². The van der Waals surface area contributed by atoms with Crippen LogP contribution in [0.3, 0.4) is 0 Å². The monoisotopic (exact) mass is 304 g/mol. The third-order valence-electron chi connectivity index (χ3n) is 3.31. The van der Waals surface area contributed by atoms with E-state index in [1.165, 1.54) is 4.90 Å². The summed E-state index contributed by atoms with van der Waals surface area (Å²) in [5.74, 6) is -1.58. The molecule has 0 saturated heterocycles. The van der Waals surface area contributed by atoms with E-state index in [2.05, 4.69) is 10.6 Å². The van der Waals surface area contributed by atoms with Crippen molar-refractivity contribution in [3.05, 3.63) is 24.3 Å². The van der Waals surface area contributed by atoms with Gasteiger partial charge in [0.2, 0.25) is 5.91 Å². The molecule has 0 saturated carbocycles. The zero-order valence-electron chi connectivity index (χ0n) is 12.5. The van der Waals surface area contributed by atoms with E-state index >= 15 is 0 Å². The molecule has 7 nitrogen and oxygen atoms in total. The fraction of sp³-hybridized carbons (Fsp3) is 0.400. The Bertz CT molecular complexity index is 600. The molecule has 0 aliphatic carbocycles. The van der Waals surface area contributed by atoms with E-state index in [0.29, 0.717) is 11.4 Å². The molecular weight excluding hydrogens is 286 g/mol. The van der Waals surface area contributed by atoms with E-state index < -0.39 is 18.0 Å². The Morgan fingerprint density at radius 1 is 1.36 bits per heavy atom. The first kappa shape index (κ1) is 15.8. The van der Waals surface area contributed by atoms with E-state index in [1.807, 2.05) is 13.8 Å². The maximum Gasteiger partial charge on any atom is 0.322 e. The molecule has 1 heterocycles. The maximum atomic E-state index is 12.3. The van der Waals surface area contributed by atoms with Crippen LogP contribution < -0.4 is 20.6 Å². The van der Waals surface area contributed by atoms with Crippen LogP contribution >= 0.6 is 0 Å². The standard InChI is InChI=1S/C15H19N3O4/c1-9(2)7-11(14(20)21)17-15(22)18-8-13(19)16-10-5-3-4-6-12(10)18/h3-6,9,11H,7-8H2,1-2H3,(H,16,19)(H,17,22)(H,20,21)/p-1/t11-/m0/s1. The number of carbonyl (C=O) groups is 3. The van der Waals surface area contributed by atoms with Crippen molar-refractivity contribution in [1.82, 2.24) is 5.32 Å². The average Bonchev–Trinajstić information content (AvgIpc) is 2.44. The molecular formula is C15H18N3O4-. The Kier molecular flexibility index (Phi) is 4.65. The van der Waals surface area contributed by atoms with Crippen LogP contribution in [0.2, 0.25) is 0 Å². The predicted octanol–water partition coefficient (Wildman–Crippen LogP) is 0.319. The molecule has 1 aliphatic heterocycles. The molecule has 1 atom stereocenters. The summed E-state index contributed by atoms with van der Waals surface area (Å²) < 4.78 is 0. The summed E-state index contributed by atoms with van der Waals surface area (Å²) in [5, 5.41) is 16.2. The zero-order valence-corrected chi connectivity index (χ0v) is 12.5. The molecule has 0 radical (unpaired) electrons. The van der Waals surface area contributed by atoms with Gasteiger partial charge in [-0.15, -0.1) is 0 Å². The van der Waals surface area contributed by atoms with Crippen molar-refractivity contribution in [3.63, 3.8) is 0 Å². The lowest BCUT2D eigenvalue weighted by Crippen LogP contribution is -2.54. The number of rotatable bonds is 4. The van der Waals surface area contributed by atoms with Crippen LogP contribution in [-0.2, 0) is 9.59 Å². The summed E-state index contributed by atoms with van der Waals surface area (Å²) in [5.41, 5.74) is 1.05. The number of carboxylic acid groups (broad SMARTS) is 1. The largest absolute Gasteiger partial charge is 0.548 e. The third-order valence-corrected chi connectivity index (χ3v) is 3.31. The minimum Gasteiger partial charge on any atom is -0.548 e. The molecule has 0 fully saturated rings. The molecule has 1 aromatic rings. The van der Waals surface area contributed by atoms with Crippen molar-refractivity contribution in [2.24, 2.45) is 5.92 Å². The van der Waals surface area contributed by atoms with Gasteiger partial charge in [-0.25, -0.2) is 4.79 Å². The lowest BCUT2D eigenvalue weighted by atomic mass is 10.0. The summed E-state index contributed by atoms with van der Waals surface area (Å²) in [6, 6.07) is 5.12. The number of carboxylic acids is 1. The van der Waals surface area contributed by atoms with Gasteiger partial charge in [-0.1, -0.05) is 26.0 Å². The van der Waals surface area contributed by atoms with Gasteiger partial charge in [-0.05, 0) is 24.5 Å². The first-order valence-electron chi connectivity index (χ1n) is 7.06. The summed E-state index contributed by atoms with van der Waals surface area (Å²) in [7, 11) is 0. The minimum absolute atomic E-state index is 0.0835. The topological polar surface area (TPSA) is 102 Å². The van der Waals surface area contributed by atoms with Crippen LogP contribution in [0.25, 0.3) is 0 Å². The Morgan fingerprint density at radius 2 is 2.05 bits per heavy atom. The quantitative estimate of drug-likeness (QED) is 0.836. The van der Waals surface area contributed by atoms with E-state index in [9.17, 15) is 19.5 Å². The van der Waals surface area contributed by atoms with Crippen LogP contribution in [0.15, 0.2) is 24.3 Å². The number of aliphatic carboxylic acids is 1. The highest BCUT2D eigenvalue weighted by atomic mass is 16.4. The van der Waals surface area contributed by atoms with E-state index in [1.54, 1.807) is 24.3 Å². The number of benzene rings is 1. The summed E-state index contributed by atoms with van der Waals surface area (Å²) >= 11 is 0. The second-order valence-electron chi connectivity index (χ2n) is 5.60. The van der Waals surface area contributed by atoms with Gasteiger partial charge in [0.1, 0.15) is 6.54 Å². The number of hydrogen-bond acceptors (Lipinski definition) is 4. The van der Waals surface area contributed by atoms with Gasteiger partial charge in [-0.2, -0.15) is 0 Å². The highest BCUT2D eigenvalue weighted by Crippen LogP contribution is 2.28. The van der Waals surface area contributed by atoms with Gasteiger partial charge < -0.3 is 20.5 Å². The predicted molar refractivity (Wildman–Crippen MR) is 79.2 cm³/mol. The number of urea groups is 1. The fourth-order valence-electron chi connectivity index (χ4n) is 2.33. The number of fused-ring (bicyclic) bond motifs is 1. The van der Waals surface area contributed by atoms with Gasteiger partial charge in [0.25, 0.3) is 0 Å². The number of carbonyl (C=O) groups excluding carboxylic acids is 3. The molecule has 2 rings (SSSR count). The lowest BCUT2D eigenvalue weighted by molar-refractivity contribution is -0.308. The van der Waals surface area contributed by atoms with Crippen LogP contribution in [0.5, 0.6) is 0 Å². The van der Waals surface area contributed by atoms with E-state index in [-0.39, 0.29) is 24.8 Å². The van der Waals surface area contributed by atoms with Crippen LogP contribution in [0, 0.1) is 5.92 Å². The number of amides is 3. The Balaban J connectivity index is 2.18. The van der Waals surface area contributed by atoms with Gasteiger partial charge >= 0.3 is 6.03 Å². The van der Waals surface area contributed by atoms with Crippen LogP contribution in [-0.4, -0.2) is 30.5 Å². The fourth-order valence-corrected chi connectivity index (χ4v) is 2.33. The van der Waals surface area contributed by atoms with Crippen LogP contribution in [0.4, 0.5) is 16.2 Å². The SMILES string of the molecule is CC(C)C[C@H](NC(=O)N1CC(=O)Nc2ccccc21)C(=O)[O-]. The summed E-state index contributed by atoms with van der Waals surface area (Å²) in [4.78, 5) is 36.4. The van der Waals surface area contributed by atoms with Crippen molar-refractivity contribution < 1.29 is 19.5 Å². The van der Waals surface area contributed by atoms with Gasteiger partial charge in [0.05, 0.1) is 23.4 Å². The molecule has 0 bridgehead atoms. The van der Waals surface area contributed by atoms with Crippen LogP contribution in [0.1, 0.15) is 20.3 Å². The van der Waals surface area contributed by atoms with Crippen molar-refractivity contribution in [2.75, 3.05) is 16.8 Å². The smallest absolute Gasteiger partial charge is 0.322 e. The summed E-state index contributed by atoms with van der Waals surface area (Å²) in [6.07, 6.45) is 0.260. The first-order chi connectivity index (χ1) is 10.4. The van der Waals surface area contributed by atoms with E-state index in [4.69, 9.17) is 0 Å². The number of hydrogen-bond donors (Lipinski definition) is 2. The Hall–Kier alpha value is -2.57. The molecule has 1 aromatic carbocycles. The van der Waals surface area contributed by atoms with Gasteiger partial charge in [0.15, 0.2) is 0 Å². The second-order valence-corrected chi connectivity index (χ2v) is 5.60. The van der Waals surface area contributed by atoms with Crippen molar-refractivity contribution in [1.29, 1.82) is 0 Å². The summed E-state index contributed by atoms with van der Waals surface area (Å²) in [6.45, 7) is 3.54. The molecule has 0 unspecified atom stereocenters. The lowest BCUT2D eigenvalue weighted by Gasteiger charge is -2.31. The van der Waals surface area contributed by atoms with Crippen molar-refractivity contribution in [2.45, 2.75) is 26.3 Å². The van der Waals surface area contributed by atoms with Crippen molar-refractivity contribution in [3.8, 4) is 0 Å². The number of para-hydroxylation sites is 2. The van der Waals surface area contributed by atoms with Gasteiger partial charge in [0, 0.05) is 0 Å². The van der Waals surface area contributed by atoms with Gasteiger partial charge in [-0.3, -0.25) is 9.69 Å². The average molecular weight is 304 g/mol. The molecule has 1 aliphatic rings. The molecule has 0 spiro atoms. The first-order valence-corrected chi connectivity index (χ1v) is 7.06. The molecule has 3 amide bonds. The Labute approximate surface area is 128 Å². The second kappa shape index (κ2) is 6.46. The highest BCUT2D eigenvalue weighted by molar-refractivity contribution is 6.09. The maximum absolute atomic E-state index is 12.3. The molecule has 7 heteroatoms. The zero-order chi connectivity index (χ0) is 16.3. The highest BCUT2D eigenvalue weighted by Gasteiger charge is 2.28. The molecule has 0 aromatic heterocycles. The minimum atomic E-state index is -1.34. The normalized spacial score (nSPS) is 15.0. The number of anilines is 2. The Morgan fingerprint density at radius 3 is 2.68 bits per heavy atom. The third kappa shape index (κ3) is 3.55. The molecule has 22 heavy (non-hydrogen) atoms. The molecule has 118 valence electrons. The number of nitrogens with one attached hydrogen (secondary N) is 2. The number of nitrogens with zero attached hydrogens (tertiary/aromatic N) is 1.